The molecule has 0 heterocycles. The van der Waals surface area contributed by atoms with E-state index in [-0.39, 0.29) is 12.5 Å². The third-order valence-electron chi connectivity index (χ3n) is 3.23. The standard InChI is InChI=1S/C22H32O3/c1-2-3-15-18-21(23)19-16-13-11-9-7-5-4-6-8-10-12-14-17-20-22(24)25/h3,5-9,11-16,21,23H,2,4,10,17-20H2,1H3,(H,24,25). The van der Waals surface area contributed by atoms with Gasteiger partial charge in [-0.15, -0.1) is 0 Å². The first-order valence-electron chi connectivity index (χ1n) is 9.00. The molecular formula is C22H32O3. The quantitative estimate of drug-likeness (QED) is 0.322. The van der Waals surface area contributed by atoms with E-state index in [2.05, 4.69) is 31.2 Å². The van der Waals surface area contributed by atoms with Crippen molar-refractivity contribution in [2.24, 2.45) is 0 Å². The number of hydrogen-bond donors (Lipinski definition) is 2. The maximum Gasteiger partial charge on any atom is 0.303 e. The lowest BCUT2D eigenvalue weighted by Gasteiger charge is -2.02. The molecule has 0 aromatic carbocycles. The number of allylic oxidation sites excluding steroid dienone is 10. The number of carboxylic acids is 1. The molecule has 2 N–H and O–H groups in total. The van der Waals surface area contributed by atoms with E-state index in [0.29, 0.717) is 19.3 Å². The van der Waals surface area contributed by atoms with Crippen molar-refractivity contribution in [1.29, 1.82) is 0 Å². The Morgan fingerprint density at radius 1 is 0.800 bits per heavy atom. The summed E-state index contributed by atoms with van der Waals surface area (Å²) in [5.74, 6) is -0.756. The van der Waals surface area contributed by atoms with Crippen LogP contribution in [0, 0.1) is 0 Å². The van der Waals surface area contributed by atoms with Crippen molar-refractivity contribution in [2.45, 2.75) is 58.0 Å². The van der Waals surface area contributed by atoms with Crippen LogP contribution in [0.4, 0.5) is 0 Å². The second-order valence-electron chi connectivity index (χ2n) is 5.59. The average molecular weight is 344 g/mol. The number of carboxylic acid groups (broad SMARTS) is 1. The zero-order valence-corrected chi connectivity index (χ0v) is 15.3. The monoisotopic (exact) mass is 344 g/mol. The predicted molar refractivity (Wildman–Crippen MR) is 106 cm³/mol. The molecule has 0 rings (SSSR count). The third kappa shape index (κ3) is 19.8. The van der Waals surface area contributed by atoms with Crippen LogP contribution in [0.5, 0.6) is 0 Å². The second-order valence-corrected chi connectivity index (χ2v) is 5.59. The lowest BCUT2D eigenvalue weighted by atomic mass is 10.1. The van der Waals surface area contributed by atoms with Crippen molar-refractivity contribution in [2.75, 3.05) is 0 Å². The summed E-state index contributed by atoms with van der Waals surface area (Å²) >= 11 is 0. The Hall–Kier alpha value is -2.13. The Labute approximate surface area is 152 Å². The maximum atomic E-state index is 10.3. The average Bonchev–Trinajstić information content (AvgIpc) is 2.58. The Morgan fingerprint density at radius 3 is 2.08 bits per heavy atom. The summed E-state index contributed by atoms with van der Waals surface area (Å²) < 4.78 is 0. The van der Waals surface area contributed by atoms with Gasteiger partial charge in [-0.05, 0) is 38.5 Å². The summed E-state index contributed by atoms with van der Waals surface area (Å²) in [6.45, 7) is 2.08. The third-order valence-corrected chi connectivity index (χ3v) is 3.23. The van der Waals surface area contributed by atoms with E-state index in [9.17, 15) is 9.90 Å². The van der Waals surface area contributed by atoms with Gasteiger partial charge in [0.1, 0.15) is 0 Å². The minimum atomic E-state index is -0.756. The van der Waals surface area contributed by atoms with E-state index in [4.69, 9.17) is 5.11 Å². The highest BCUT2D eigenvalue weighted by molar-refractivity contribution is 5.66. The van der Waals surface area contributed by atoms with Crippen molar-refractivity contribution >= 4 is 5.97 Å². The number of carbonyl (C=O) groups is 1. The molecule has 3 heteroatoms. The van der Waals surface area contributed by atoms with Crippen molar-refractivity contribution in [1.82, 2.24) is 0 Å². The predicted octanol–water partition coefficient (Wildman–Crippen LogP) is 5.52. The fourth-order valence-electron chi connectivity index (χ4n) is 1.89. The first-order valence-corrected chi connectivity index (χ1v) is 9.00. The molecule has 0 saturated heterocycles. The highest BCUT2D eigenvalue weighted by atomic mass is 16.4. The van der Waals surface area contributed by atoms with Gasteiger partial charge in [-0.1, -0.05) is 79.8 Å². The van der Waals surface area contributed by atoms with Crippen molar-refractivity contribution in [3.05, 3.63) is 72.9 Å². The van der Waals surface area contributed by atoms with Gasteiger partial charge >= 0.3 is 5.97 Å². The molecule has 0 radical (unpaired) electrons. The van der Waals surface area contributed by atoms with Crippen LogP contribution in [0.15, 0.2) is 72.9 Å². The van der Waals surface area contributed by atoms with Gasteiger partial charge in [0, 0.05) is 6.42 Å². The van der Waals surface area contributed by atoms with Gasteiger partial charge in [0.15, 0.2) is 0 Å². The van der Waals surface area contributed by atoms with Crippen LogP contribution >= 0.6 is 0 Å². The van der Waals surface area contributed by atoms with Gasteiger partial charge in [0.2, 0.25) is 0 Å². The van der Waals surface area contributed by atoms with Crippen LogP contribution in [0.25, 0.3) is 0 Å². The second kappa shape index (κ2) is 18.2. The van der Waals surface area contributed by atoms with E-state index in [0.717, 1.165) is 19.3 Å². The molecule has 0 aliphatic heterocycles. The van der Waals surface area contributed by atoms with E-state index in [1.54, 1.807) is 0 Å². The van der Waals surface area contributed by atoms with Gasteiger partial charge in [0.25, 0.3) is 0 Å². The number of aliphatic hydroxyl groups excluding tert-OH is 1. The summed E-state index contributed by atoms with van der Waals surface area (Å²) in [6.07, 6.45) is 28.7. The minimum Gasteiger partial charge on any atom is -0.481 e. The highest BCUT2D eigenvalue weighted by Gasteiger charge is 1.96. The van der Waals surface area contributed by atoms with Crippen LogP contribution in [-0.2, 0) is 4.79 Å². The van der Waals surface area contributed by atoms with Gasteiger partial charge < -0.3 is 10.2 Å². The van der Waals surface area contributed by atoms with Crippen LogP contribution in [-0.4, -0.2) is 22.3 Å². The lowest BCUT2D eigenvalue weighted by Crippen LogP contribution is -2.02. The SMILES string of the molecule is CCC=CCC(O)CC=CC=CC=CCC=CCC=CCCC(=O)O. The fraction of sp³-hybridized carbons (Fsp3) is 0.409. The number of hydrogen-bond acceptors (Lipinski definition) is 2. The Balaban J connectivity index is 3.68. The Bertz CT molecular complexity index is 493. The van der Waals surface area contributed by atoms with Gasteiger partial charge in [-0.3, -0.25) is 4.79 Å². The van der Waals surface area contributed by atoms with Crippen molar-refractivity contribution in [3.8, 4) is 0 Å². The summed E-state index contributed by atoms with van der Waals surface area (Å²) in [5, 5.41) is 18.2. The molecule has 0 aliphatic carbocycles. The van der Waals surface area contributed by atoms with E-state index in [1.165, 1.54) is 0 Å². The molecule has 25 heavy (non-hydrogen) atoms. The number of aliphatic carboxylic acids is 1. The first-order chi connectivity index (χ1) is 12.2. The molecule has 0 bridgehead atoms. The normalized spacial score (nSPS) is 14.3. The number of rotatable bonds is 14. The molecule has 0 saturated carbocycles. The smallest absolute Gasteiger partial charge is 0.303 e. The Kier molecular flexibility index (Phi) is 16.7. The number of aliphatic hydroxyl groups is 1. The van der Waals surface area contributed by atoms with Gasteiger partial charge in [-0.2, -0.15) is 0 Å². The van der Waals surface area contributed by atoms with Gasteiger partial charge in [0.05, 0.1) is 6.10 Å². The topological polar surface area (TPSA) is 57.5 Å². The van der Waals surface area contributed by atoms with E-state index < -0.39 is 5.97 Å². The molecule has 0 spiro atoms. The fourth-order valence-corrected chi connectivity index (χ4v) is 1.89. The molecule has 0 aliphatic rings. The molecule has 0 aromatic rings. The van der Waals surface area contributed by atoms with Crippen LogP contribution < -0.4 is 0 Å². The molecule has 0 fully saturated rings. The highest BCUT2D eigenvalue weighted by Crippen LogP contribution is 2.01. The maximum absolute atomic E-state index is 10.3. The van der Waals surface area contributed by atoms with Crippen molar-refractivity contribution in [3.63, 3.8) is 0 Å². The Morgan fingerprint density at radius 2 is 1.40 bits per heavy atom. The van der Waals surface area contributed by atoms with Crippen LogP contribution in [0.3, 0.4) is 0 Å². The van der Waals surface area contributed by atoms with Crippen molar-refractivity contribution < 1.29 is 15.0 Å². The first kappa shape index (κ1) is 22.9. The van der Waals surface area contributed by atoms with Gasteiger partial charge in [-0.25, -0.2) is 0 Å². The largest absolute Gasteiger partial charge is 0.481 e. The van der Waals surface area contributed by atoms with Crippen LogP contribution in [0.1, 0.15) is 51.9 Å². The van der Waals surface area contributed by atoms with Crippen LogP contribution in [0.2, 0.25) is 0 Å². The molecule has 138 valence electrons. The lowest BCUT2D eigenvalue weighted by molar-refractivity contribution is -0.136. The summed E-state index contributed by atoms with van der Waals surface area (Å²) in [7, 11) is 0. The molecule has 3 nitrogen and oxygen atoms in total. The molecule has 0 aromatic heterocycles. The van der Waals surface area contributed by atoms with E-state index in [1.807, 2.05) is 48.6 Å². The zero-order valence-electron chi connectivity index (χ0n) is 15.3. The summed E-state index contributed by atoms with van der Waals surface area (Å²) in [5.41, 5.74) is 0. The molecule has 0 amide bonds. The minimum absolute atomic E-state index is 0.193. The molecule has 1 unspecified atom stereocenters. The van der Waals surface area contributed by atoms with E-state index >= 15 is 0 Å². The summed E-state index contributed by atoms with van der Waals surface area (Å²) in [4.78, 5) is 10.3. The molecule has 1 atom stereocenters. The molecular weight excluding hydrogens is 312 g/mol. The zero-order chi connectivity index (χ0) is 18.6. The summed E-state index contributed by atoms with van der Waals surface area (Å²) in [6, 6.07) is 0.